The van der Waals surface area contributed by atoms with E-state index < -0.39 is 0 Å². The number of H-pyrrole nitrogens is 1. The zero-order chi connectivity index (χ0) is 10.1. The molecule has 1 N–H and O–H groups in total. The Bertz CT molecular complexity index is 532. The lowest BCUT2D eigenvalue weighted by Crippen LogP contribution is -1.82. The van der Waals surface area contributed by atoms with Crippen molar-refractivity contribution in [1.29, 1.82) is 0 Å². The summed E-state index contributed by atoms with van der Waals surface area (Å²) in [5, 5.41) is 1.26. The van der Waals surface area contributed by atoms with Gasteiger partial charge in [-0.25, -0.2) is 0 Å². The molecule has 15 heavy (non-hydrogen) atoms. The highest BCUT2D eigenvalue weighted by atomic mass is 14.7. The maximum Gasteiger partial charge on any atom is 0.0460 e. The number of fused-ring (bicyclic) bond motifs is 2. The normalized spacial score (nSPS) is 13.9. The summed E-state index contributed by atoms with van der Waals surface area (Å²) in [4.78, 5) is 3.23. The number of benzene rings is 1. The molecule has 0 fully saturated rings. The van der Waals surface area contributed by atoms with Crippen LogP contribution in [0.1, 0.15) is 11.1 Å². The molecule has 0 saturated heterocycles. The van der Waals surface area contributed by atoms with Crippen molar-refractivity contribution in [3.8, 4) is 0 Å². The Kier molecular flexibility index (Phi) is 1.82. The summed E-state index contributed by atoms with van der Waals surface area (Å²) in [5.41, 5.74) is 3.71. The average Bonchev–Trinajstić information content (AvgIpc) is 2.64. The monoisotopic (exact) mass is 193 g/mol. The third-order valence-corrected chi connectivity index (χ3v) is 2.64. The van der Waals surface area contributed by atoms with Crippen LogP contribution in [0.3, 0.4) is 0 Å². The van der Waals surface area contributed by atoms with Gasteiger partial charge < -0.3 is 4.98 Å². The van der Waals surface area contributed by atoms with Crippen LogP contribution in [-0.2, 0) is 0 Å². The number of allylic oxidation sites excluding steroid dienone is 4. The fourth-order valence-electron chi connectivity index (χ4n) is 1.87. The molecule has 1 heteroatoms. The quantitative estimate of drug-likeness (QED) is 0.655. The van der Waals surface area contributed by atoms with Crippen LogP contribution < -0.4 is 0 Å². The van der Waals surface area contributed by atoms with Crippen LogP contribution in [0.4, 0.5) is 0 Å². The lowest BCUT2D eigenvalue weighted by atomic mass is 10.0. The Morgan fingerprint density at radius 1 is 0.800 bits per heavy atom. The van der Waals surface area contributed by atoms with Gasteiger partial charge in [-0.05, 0) is 34.7 Å². The van der Waals surface area contributed by atoms with Crippen LogP contribution in [0.25, 0.3) is 23.1 Å². The Hall–Kier alpha value is -2.02. The molecule has 0 spiro atoms. The zero-order valence-corrected chi connectivity index (χ0v) is 8.27. The number of hydrogen-bond acceptors (Lipinski definition) is 0. The van der Waals surface area contributed by atoms with Crippen molar-refractivity contribution in [2.45, 2.75) is 0 Å². The molecule has 2 aromatic rings. The molecule has 72 valence electrons. The number of aromatic amines is 1. The van der Waals surface area contributed by atoms with Crippen molar-refractivity contribution in [1.82, 2.24) is 4.98 Å². The van der Waals surface area contributed by atoms with Gasteiger partial charge in [-0.1, -0.05) is 36.5 Å². The maximum atomic E-state index is 3.23. The molecule has 1 aromatic carbocycles. The lowest BCUT2D eigenvalue weighted by molar-refractivity contribution is 1.47. The average molecular weight is 193 g/mol. The van der Waals surface area contributed by atoms with Crippen molar-refractivity contribution in [2.75, 3.05) is 0 Å². The molecule has 1 nitrogen and oxygen atoms in total. The summed E-state index contributed by atoms with van der Waals surface area (Å²) in [6.07, 6.45) is 14.5. The van der Waals surface area contributed by atoms with E-state index >= 15 is 0 Å². The SMILES string of the molecule is C1=CC=Cc2cc3[nH]ccc3cc2C=C1. The molecule has 1 aromatic heterocycles. The number of aromatic nitrogens is 1. The highest BCUT2D eigenvalue weighted by Crippen LogP contribution is 2.22. The van der Waals surface area contributed by atoms with E-state index in [9.17, 15) is 0 Å². The summed E-state index contributed by atoms with van der Waals surface area (Å²) in [6, 6.07) is 6.49. The molecule has 0 unspecified atom stereocenters. The first-order valence-electron chi connectivity index (χ1n) is 5.06. The Labute approximate surface area is 88.4 Å². The molecule has 3 rings (SSSR count). The topological polar surface area (TPSA) is 15.8 Å². The van der Waals surface area contributed by atoms with Crippen LogP contribution in [0.2, 0.25) is 0 Å². The number of rotatable bonds is 0. The van der Waals surface area contributed by atoms with E-state index in [1.54, 1.807) is 0 Å². The zero-order valence-electron chi connectivity index (χ0n) is 8.27. The highest BCUT2D eigenvalue weighted by Gasteiger charge is 2.01. The van der Waals surface area contributed by atoms with E-state index in [1.807, 2.05) is 18.3 Å². The van der Waals surface area contributed by atoms with Crippen LogP contribution in [0, 0.1) is 0 Å². The molecule has 1 aliphatic rings. The van der Waals surface area contributed by atoms with Gasteiger partial charge in [0.25, 0.3) is 0 Å². The summed E-state index contributed by atoms with van der Waals surface area (Å²) >= 11 is 0. The van der Waals surface area contributed by atoms with Gasteiger partial charge in [0.1, 0.15) is 0 Å². The van der Waals surface area contributed by atoms with E-state index in [-0.39, 0.29) is 0 Å². The van der Waals surface area contributed by atoms with Gasteiger partial charge in [0.15, 0.2) is 0 Å². The van der Waals surface area contributed by atoms with E-state index in [4.69, 9.17) is 0 Å². The summed E-state index contributed by atoms with van der Waals surface area (Å²) < 4.78 is 0. The summed E-state index contributed by atoms with van der Waals surface area (Å²) in [5.74, 6) is 0. The van der Waals surface area contributed by atoms with Crippen molar-refractivity contribution >= 4 is 23.1 Å². The molecule has 0 aliphatic heterocycles. The minimum absolute atomic E-state index is 1.19. The largest absolute Gasteiger partial charge is 0.361 e. The van der Waals surface area contributed by atoms with E-state index in [0.29, 0.717) is 0 Å². The molecule has 0 radical (unpaired) electrons. The Morgan fingerprint density at radius 2 is 1.53 bits per heavy atom. The van der Waals surface area contributed by atoms with E-state index in [2.05, 4.69) is 47.5 Å². The molecular weight excluding hydrogens is 182 g/mol. The van der Waals surface area contributed by atoms with Crippen LogP contribution in [0.5, 0.6) is 0 Å². The Morgan fingerprint density at radius 3 is 2.33 bits per heavy atom. The standard InChI is InChI=1S/C14H11N/c1-2-4-6-12-10-14-13(7-8-15-14)9-11(12)5-3-1/h1-10,15H. The van der Waals surface area contributed by atoms with Crippen molar-refractivity contribution in [2.24, 2.45) is 0 Å². The molecular formula is C14H11N. The number of nitrogens with one attached hydrogen (secondary N) is 1. The van der Waals surface area contributed by atoms with Gasteiger partial charge in [-0.15, -0.1) is 0 Å². The Balaban J connectivity index is 2.31. The molecule has 0 saturated carbocycles. The van der Waals surface area contributed by atoms with Crippen molar-refractivity contribution < 1.29 is 0 Å². The smallest absolute Gasteiger partial charge is 0.0460 e. The van der Waals surface area contributed by atoms with Gasteiger partial charge >= 0.3 is 0 Å². The predicted octanol–water partition coefficient (Wildman–Crippen LogP) is 3.76. The lowest BCUT2D eigenvalue weighted by Gasteiger charge is -2.03. The first-order chi connectivity index (χ1) is 7.43. The van der Waals surface area contributed by atoms with Crippen LogP contribution in [-0.4, -0.2) is 4.98 Å². The van der Waals surface area contributed by atoms with Crippen LogP contribution in [0.15, 0.2) is 48.7 Å². The second-order valence-corrected chi connectivity index (χ2v) is 3.65. The van der Waals surface area contributed by atoms with E-state index in [0.717, 1.165) is 0 Å². The van der Waals surface area contributed by atoms with Crippen molar-refractivity contribution in [3.05, 3.63) is 59.8 Å². The third kappa shape index (κ3) is 1.42. The highest BCUT2D eigenvalue weighted by molar-refractivity contribution is 5.86. The van der Waals surface area contributed by atoms with Gasteiger partial charge in [0.05, 0.1) is 0 Å². The summed E-state index contributed by atoms with van der Waals surface area (Å²) in [6.45, 7) is 0. The van der Waals surface area contributed by atoms with Gasteiger partial charge in [-0.3, -0.25) is 0 Å². The molecule has 0 atom stereocenters. The third-order valence-electron chi connectivity index (χ3n) is 2.64. The molecule has 1 aliphatic carbocycles. The number of hydrogen-bond donors (Lipinski definition) is 1. The van der Waals surface area contributed by atoms with Crippen molar-refractivity contribution in [3.63, 3.8) is 0 Å². The minimum atomic E-state index is 1.19. The van der Waals surface area contributed by atoms with E-state index in [1.165, 1.54) is 22.0 Å². The first kappa shape index (κ1) is 8.30. The molecule has 0 bridgehead atoms. The first-order valence-corrected chi connectivity index (χ1v) is 5.06. The fraction of sp³-hybridized carbons (Fsp3) is 0. The summed E-state index contributed by atoms with van der Waals surface area (Å²) in [7, 11) is 0. The fourth-order valence-corrected chi connectivity index (χ4v) is 1.87. The predicted molar refractivity (Wildman–Crippen MR) is 65.5 cm³/mol. The second-order valence-electron chi connectivity index (χ2n) is 3.65. The van der Waals surface area contributed by atoms with Gasteiger partial charge in [-0.2, -0.15) is 0 Å². The second kappa shape index (κ2) is 3.28. The van der Waals surface area contributed by atoms with Gasteiger partial charge in [0.2, 0.25) is 0 Å². The maximum absolute atomic E-state index is 3.23. The van der Waals surface area contributed by atoms with Gasteiger partial charge in [0, 0.05) is 11.7 Å². The molecule has 1 heterocycles. The minimum Gasteiger partial charge on any atom is -0.361 e. The van der Waals surface area contributed by atoms with Crippen LogP contribution >= 0.6 is 0 Å². The molecule has 0 amide bonds.